The summed E-state index contributed by atoms with van der Waals surface area (Å²) in [5, 5.41) is 9.83. The van der Waals surface area contributed by atoms with E-state index in [1.54, 1.807) is 6.92 Å². The normalized spacial score (nSPS) is 10.5. The number of hydrogen-bond acceptors (Lipinski definition) is 5. The fourth-order valence-electron chi connectivity index (χ4n) is 1.56. The van der Waals surface area contributed by atoms with Gasteiger partial charge in [0.15, 0.2) is 10.9 Å². The number of aryl methyl sites for hydroxylation is 1. The Balaban J connectivity index is 2.12. The lowest BCUT2D eigenvalue weighted by atomic mass is 10.1. The molecule has 0 bridgehead atoms. The first-order valence-electron chi connectivity index (χ1n) is 5.68. The molecular weight excluding hydrogens is 283 g/mol. The minimum Gasteiger partial charge on any atom is -0.507 e. The van der Waals surface area contributed by atoms with Gasteiger partial charge in [-0.15, -0.1) is 0 Å². The van der Waals surface area contributed by atoms with Crippen molar-refractivity contribution in [2.24, 2.45) is 0 Å². The van der Waals surface area contributed by atoms with Crippen molar-refractivity contribution in [3.63, 3.8) is 0 Å². The average molecular weight is 294 g/mol. The van der Waals surface area contributed by atoms with Crippen LogP contribution in [0.4, 0.5) is 4.39 Å². The molecule has 7 heteroatoms. The number of aromatic amines is 1. The van der Waals surface area contributed by atoms with Gasteiger partial charge in [-0.05, 0) is 25.1 Å². The molecule has 20 heavy (non-hydrogen) atoms. The van der Waals surface area contributed by atoms with Gasteiger partial charge in [-0.25, -0.2) is 9.37 Å². The van der Waals surface area contributed by atoms with Crippen LogP contribution in [0.25, 0.3) is 0 Å². The van der Waals surface area contributed by atoms with Crippen LogP contribution in [0.1, 0.15) is 16.1 Å². The van der Waals surface area contributed by atoms with Crippen LogP contribution >= 0.6 is 11.8 Å². The molecule has 1 aromatic heterocycles. The number of H-pyrrole nitrogens is 1. The molecule has 2 rings (SSSR count). The monoisotopic (exact) mass is 294 g/mol. The Kier molecular flexibility index (Phi) is 4.19. The Hall–Kier alpha value is -2.15. The molecule has 104 valence electrons. The Morgan fingerprint density at radius 3 is 2.90 bits per heavy atom. The van der Waals surface area contributed by atoms with E-state index < -0.39 is 11.6 Å². The van der Waals surface area contributed by atoms with E-state index in [1.807, 2.05) is 0 Å². The Bertz CT molecular complexity index is 715. The van der Waals surface area contributed by atoms with Crippen LogP contribution in [0.15, 0.2) is 34.2 Å². The van der Waals surface area contributed by atoms with E-state index in [0.29, 0.717) is 10.9 Å². The van der Waals surface area contributed by atoms with Gasteiger partial charge in [0.25, 0.3) is 5.56 Å². The first-order valence-corrected chi connectivity index (χ1v) is 6.67. The van der Waals surface area contributed by atoms with Crippen LogP contribution in [0.2, 0.25) is 0 Å². The number of benzene rings is 1. The predicted octanol–water partition coefficient (Wildman–Crippen LogP) is 1.90. The number of aromatic hydroxyl groups is 1. The van der Waals surface area contributed by atoms with Gasteiger partial charge < -0.3 is 10.1 Å². The molecule has 0 radical (unpaired) electrons. The van der Waals surface area contributed by atoms with Crippen molar-refractivity contribution in [1.82, 2.24) is 9.97 Å². The molecular formula is C13H11FN2O3S. The number of nitrogens with one attached hydrogen (secondary N) is 1. The summed E-state index contributed by atoms with van der Waals surface area (Å²) in [6.45, 7) is 1.67. The lowest BCUT2D eigenvalue weighted by Crippen LogP contribution is -2.10. The number of phenolic OH excluding ortho intramolecular Hbond substituents is 1. The summed E-state index contributed by atoms with van der Waals surface area (Å²) in [6, 6.07) is 4.51. The highest BCUT2D eigenvalue weighted by Crippen LogP contribution is 2.21. The van der Waals surface area contributed by atoms with Crippen molar-refractivity contribution >= 4 is 17.5 Å². The van der Waals surface area contributed by atoms with E-state index in [9.17, 15) is 19.1 Å². The van der Waals surface area contributed by atoms with Crippen LogP contribution in [0, 0.1) is 12.7 Å². The molecule has 2 aromatic rings. The van der Waals surface area contributed by atoms with E-state index in [0.717, 1.165) is 30.0 Å². The maximum absolute atomic E-state index is 13.0. The lowest BCUT2D eigenvalue weighted by molar-refractivity contribution is 0.101. The number of nitrogens with zero attached hydrogens (tertiary/aromatic N) is 1. The number of thioether (sulfide) groups is 1. The van der Waals surface area contributed by atoms with Crippen LogP contribution in [-0.4, -0.2) is 26.6 Å². The summed E-state index contributed by atoms with van der Waals surface area (Å²) in [7, 11) is 0. The van der Waals surface area contributed by atoms with E-state index in [4.69, 9.17) is 0 Å². The largest absolute Gasteiger partial charge is 0.507 e. The fourth-order valence-corrected chi connectivity index (χ4v) is 2.37. The molecule has 0 spiro atoms. The van der Waals surface area contributed by atoms with Gasteiger partial charge in [0, 0.05) is 11.8 Å². The highest BCUT2D eigenvalue weighted by molar-refractivity contribution is 7.99. The van der Waals surface area contributed by atoms with Crippen LogP contribution < -0.4 is 5.56 Å². The number of carbonyl (C=O) groups excluding carboxylic acids is 1. The van der Waals surface area contributed by atoms with Crippen molar-refractivity contribution < 1.29 is 14.3 Å². The molecule has 0 amide bonds. The third kappa shape index (κ3) is 3.45. The van der Waals surface area contributed by atoms with Gasteiger partial charge >= 0.3 is 0 Å². The highest BCUT2D eigenvalue weighted by Gasteiger charge is 2.13. The van der Waals surface area contributed by atoms with Crippen LogP contribution in [0.3, 0.4) is 0 Å². The summed E-state index contributed by atoms with van der Waals surface area (Å²) < 4.78 is 13.0. The number of rotatable bonds is 4. The van der Waals surface area contributed by atoms with Gasteiger partial charge in [0.2, 0.25) is 0 Å². The van der Waals surface area contributed by atoms with Crippen molar-refractivity contribution in [1.29, 1.82) is 0 Å². The van der Waals surface area contributed by atoms with Gasteiger partial charge in [-0.3, -0.25) is 9.59 Å². The van der Waals surface area contributed by atoms with E-state index in [-0.39, 0.29) is 22.6 Å². The Morgan fingerprint density at radius 1 is 1.45 bits per heavy atom. The Morgan fingerprint density at radius 2 is 2.20 bits per heavy atom. The highest BCUT2D eigenvalue weighted by atomic mass is 32.2. The van der Waals surface area contributed by atoms with Gasteiger partial charge in [0.05, 0.1) is 11.3 Å². The molecule has 0 fully saturated rings. The molecule has 0 aliphatic rings. The molecule has 5 nitrogen and oxygen atoms in total. The fraction of sp³-hybridized carbons (Fsp3) is 0.154. The number of aromatic nitrogens is 2. The third-order valence-electron chi connectivity index (χ3n) is 2.45. The lowest BCUT2D eigenvalue weighted by Gasteiger charge is -2.04. The maximum Gasteiger partial charge on any atom is 0.251 e. The maximum atomic E-state index is 13.0. The van der Waals surface area contributed by atoms with Crippen LogP contribution in [-0.2, 0) is 0 Å². The molecule has 0 saturated heterocycles. The molecule has 1 aromatic carbocycles. The number of phenols is 1. The summed E-state index contributed by atoms with van der Waals surface area (Å²) in [5.74, 6) is -1.39. The standard InChI is InChI=1S/C13H11FN2O3S/c1-7-4-12(19)16-13(15-7)20-6-11(18)9-5-8(14)2-3-10(9)17/h2-5,17H,6H2,1H3,(H,15,16,19). The van der Waals surface area contributed by atoms with E-state index >= 15 is 0 Å². The molecule has 0 saturated carbocycles. The van der Waals surface area contributed by atoms with Gasteiger partial charge in [-0.2, -0.15) is 0 Å². The number of Topliss-reactive ketones (excluding diaryl/α,β-unsaturated/α-hetero) is 1. The summed E-state index contributed by atoms with van der Waals surface area (Å²) >= 11 is 1.02. The number of ketones is 1. The van der Waals surface area contributed by atoms with Gasteiger partial charge in [0.1, 0.15) is 11.6 Å². The zero-order valence-corrected chi connectivity index (χ0v) is 11.3. The smallest absolute Gasteiger partial charge is 0.251 e. The molecule has 0 aliphatic heterocycles. The van der Waals surface area contributed by atoms with Gasteiger partial charge in [-0.1, -0.05) is 11.8 Å². The quantitative estimate of drug-likeness (QED) is 0.511. The third-order valence-corrected chi connectivity index (χ3v) is 3.32. The number of carbonyl (C=O) groups is 1. The molecule has 1 heterocycles. The average Bonchev–Trinajstić information content (AvgIpc) is 2.38. The van der Waals surface area contributed by atoms with Crippen molar-refractivity contribution in [2.75, 3.05) is 5.75 Å². The summed E-state index contributed by atoms with van der Waals surface area (Å²) in [4.78, 5) is 29.7. The van der Waals surface area contributed by atoms with Crippen molar-refractivity contribution in [2.45, 2.75) is 12.1 Å². The van der Waals surface area contributed by atoms with E-state index in [1.165, 1.54) is 6.07 Å². The SMILES string of the molecule is Cc1cc(=O)[nH]c(SCC(=O)c2cc(F)ccc2O)n1. The van der Waals surface area contributed by atoms with Crippen molar-refractivity contribution in [3.05, 3.63) is 51.7 Å². The van der Waals surface area contributed by atoms with E-state index in [2.05, 4.69) is 9.97 Å². The number of hydrogen-bond donors (Lipinski definition) is 2. The summed E-state index contributed by atoms with van der Waals surface area (Å²) in [6.07, 6.45) is 0. The summed E-state index contributed by atoms with van der Waals surface area (Å²) in [5.41, 5.74) is 0.144. The predicted molar refractivity (Wildman–Crippen MR) is 72.7 cm³/mol. The van der Waals surface area contributed by atoms with Crippen molar-refractivity contribution in [3.8, 4) is 5.75 Å². The second kappa shape index (κ2) is 5.87. The molecule has 2 N–H and O–H groups in total. The molecule has 0 atom stereocenters. The molecule has 0 unspecified atom stereocenters. The topological polar surface area (TPSA) is 83.0 Å². The minimum absolute atomic E-state index is 0.0661. The Labute approximate surface area is 117 Å². The number of halogens is 1. The minimum atomic E-state index is -0.599. The first kappa shape index (κ1) is 14.3. The first-order chi connectivity index (χ1) is 9.45. The van der Waals surface area contributed by atoms with Crippen LogP contribution in [0.5, 0.6) is 5.75 Å². The zero-order chi connectivity index (χ0) is 14.7. The molecule has 0 aliphatic carbocycles. The zero-order valence-electron chi connectivity index (χ0n) is 10.5. The second-order valence-electron chi connectivity index (χ2n) is 4.07. The second-order valence-corrected chi connectivity index (χ2v) is 5.03.